The molecule has 0 atom stereocenters. The molecule has 0 saturated carbocycles. The standard InChI is InChI=1S/C69H45N3O/c1-6-17-46(18-7-1)53-27-16-28-54(37-53)51-29-31-52(32-30-51)67-70-68(72-69(71-67)62-42-59(49-23-12-4-13-24-49)39-60(43-62)50-25-14-5-15-26-50)56-33-35-63-64-44-55(34-36-65(64)73-66(63)45-56)61-40-57(47-19-8-2-9-20-47)38-58(41-61)48-21-10-3-11-22-48/h1-45H/i33D,34D,35D,36D,44D,45D. The van der Waals surface area contributed by atoms with Crippen LogP contribution in [0.5, 0.6) is 0 Å². The third-order valence-electron chi connectivity index (χ3n) is 13.2. The minimum Gasteiger partial charge on any atom is -0.456 e. The van der Waals surface area contributed by atoms with E-state index >= 15 is 0 Å². The fourth-order valence-corrected chi connectivity index (χ4v) is 9.43. The van der Waals surface area contributed by atoms with Gasteiger partial charge in [0, 0.05) is 27.5 Å². The van der Waals surface area contributed by atoms with Crippen LogP contribution in [0.25, 0.3) is 134 Å². The second kappa shape index (κ2) is 18.9. The molecule has 0 spiro atoms. The van der Waals surface area contributed by atoms with Crippen molar-refractivity contribution in [1.29, 1.82) is 0 Å². The average Bonchev–Trinajstić information content (AvgIpc) is 4.06. The van der Waals surface area contributed by atoms with Crippen LogP contribution in [0.3, 0.4) is 0 Å². The molecule has 2 heterocycles. The minimum absolute atomic E-state index is 0.0258. The molecule has 0 saturated heterocycles. The fourth-order valence-electron chi connectivity index (χ4n) is 9.43. The van der Waals surface area contributed by atoms with E-state index < -0.39 is 0 Å². The van der Waals surface area contributed by atoms with Gasteiger partial charge in [0.1, 0.15) is 11.2 Å². The maximum absolute atomic E-state index is 9.89. The van der Waals surface area contributed by atoms with Gasteiger partial charge in [0.25, 0.3) is 0 Å². The number of fused-ring (bicyclic) bond motifs is 3. The van der Waals surface area contributed by atoms with Crippen molar-refractivity contribution in [2.75, 3.05) is 0 Å². The molecule has 0 radical (unpaired) electrons. The lowest BCUT2D eigenvalue weighted by Gasteiger charge is -2.13. The number of benzene rings is 11. The summed E-state index contributed by atoms with van der Waals surface area (Å²) in [6.07, 6.45) is 0. The molecule has 4 nitrogen and oxygen atoms in total. The van der Waals surface area contributed by atoms with Gasteiger partial charge in [-0.3, -0.25) is 0 Å². The summed E-state index contributed by atoms with van der Waals surface area (Å²) < 4.78 is 64.5. The van der Waals surface area contributed by atoms with Crippen molar-refractivity contribution in [3.05, 3.63) is 273 Å². The Kier molecular flexibility index (Phi) is 9.59. The first-order valence-electron chi connectivity index (χ1n) is 27.2. The zero-order chi connectivity index (χ0) is 53.7. The van der Waals surface area contributed by atoms with Crippen LogP contribution in [0.4, 0.5) is 0 Å². The van der Waals surface area contributed by atoms with Gasteiger partial charge in [-0.15, -0.1) is 0 Å². The van der Waals surface area contributed by atoms with E-state index in [9.17, 15) is 8.22 Å². The Hall–Kier alpha value is -9.77. The summed E-state index contributed by atoms with van der Waals surface area (Å²) in [7, 11) is 0. The van der Waals surface area contributed by atoms with E-state index in [-0.39, 0.29) is 86.8 Å². The summed E-state index contributed by atoms with van der Waals surface area (Å²) in [5, 5.41) is 0.106. The van der Waals surface area contributed by atoms with E-state index in [1.54, 1.807) is 0 Å². The lowest BCUT2D eigenvalue weighted by atomic mass is 9.93. The number of aromatic nitrogens is 3. The first-order chi connectivity index (χ1) is 38.6. The van der Waals surface area contributed by atoms with Gasteiger partial charge in [-0.2, -0.15) is 0 Å². The molecule has 342 valence electrons. The number of hydrogen-bond acceptors (Lipinski definition) is 4. The van der Waals surface area contributed by atoms with Gasteiger partial charge in [-0.05, 0) is 145 Å². The molecule has 0 unspecified atom stereocenters. The summed E-state index contributed by atoms with van der Waals surface area (Å²) >= 11 is 0. The zero-order valence-corrected chi connectivity index (χ0v) is 39.3. The smallest absolute Gasteiger partial charge is 0.164 e. The second-order valence-electron chi connectivity index (χ2n) is 17.9. The van der Waals surface area contributed by atoms with Crippen molar-refractivity contribution in [3.63, 3.8) is 0 Å². The highest BCUT2D eigenvalue weighted by molar-refractivity contribution is 6.07. The molecule has 0 bridgehead atoms. The van der Waals surface area contributed by atoms with Crippen LogP contribution in [0.15, 0.2) is 277 Å². The molecule has 0 fully saturated rings. The molecule has 2 aromatic heterocycles. The third-order valence-corrected chi connectivity index (χ3v) is 13.2. The van der Waals surface area contributed by atoms with Crippen molar-refractivity contribution >= 4 is 21.9 Å². The van der Waals surface area contributed by atoms with E-state index in [2.05, 4.69) is 42.5 Å². The Balaban J connectivity index is 1.00. The quantitative estimate of drug-likeness (QED) is 0.137. The Labute approximate surface area is 432 Å². The average molecular weight is 938 g/mol. The lowest BCUT2D eigenvalue weighted by molar-refractivity contribution is 0.669. The molecule has 11 aromatic carbocycles. The molecule has 0 aliphatic heterocycles. The molecular formula is C69H45N3O. The molecule has 0 amide bonds. The molecule has 4 heteroatoms. The van der Waals surface area contributed by atoms with Crippen LogP contribution in [0.2, 0.25) is 0 Å². The zero-order valence-electron chi connectivity index (χ0n) is 45.3. The molecule has 73 heavy (non-hydrogen) atoms. The molecule has 0 N–H and O–H groups in total. The minimum atomic E-state index is -0.361. The Morgan fingerprint density at radius 2 is 0.575 bits per heavy atom. The van der Waals surface area contributed by atoms with Crippen LogP contribution < -0.4 is 0 Å². The summed E-state index contributed by atoms with van der Waals surface area (Å²) in [6, 6.07) is 76.8. The Morgan fingerprint density at radius 3 is 1.05 bits per heavy atom. The van der Waals surface area contributed by atoms with Gasteiger partial charge >= 0.3 is 0 Å². The van der Waals surface area contributed by atoms with Gasteiger partial charge < -0.3 is 4.42 Å². The van der Waals surface area contributed by atoms with Crippen molar-refractivity contribution in [2.24, 2.45) is 0 Å². The second-order valence-corrected chi connectivity index (χ2v) is 17.9. The molecule has 13 aromatic rings. The largest absolute Gasteiger partial charge is 0.456 e. The number of furan rings is 1. The van der Waals surface area contributed by atoms with Crippen LogP contribution in [-0.4, -0.2) is 15.0 Å². The molecule has 0 aliphatic carbocycles. The van der Waals surface area contributed by atoms with Crippen LogP contribution in [0, 0.1) is 0 Å². The molecular weight excluding hydrogens is 887 g/mol. The van der Waals surface area contributed by atoms with Crippen LogP contribution in [-0.2, 0) is 0 Å². The normalized spacial score (nSPS) is 12.4. The van der Waals surface area contributed by atoms with Gasteiger partial charge in [0.05, 0.1) is 8.22 Å². The van der Waals surface area contributed by atoms with Gasteiger partial charge in [0.2, 0.25) is 0 Å². The first-order valence-corrected chi connectivity index (χ1v) is 24.2. The maximum atomic E-state index is 9.89. The van der Waals surface area contributed by atoms with Crippen molar-refractivity contribution in [1.82, 2.24) is 15.0 Å². The van der Waals surface area contributed by atoms with Gasteiger partial charge in [-0.1, -0.05) is 206 Å². The van der Waals surface area contributed by atoms with E-state index in [1.165, 1.54) is 0 Å². The van der Waals surface area contributed by atoms with E-state index in [0.717, 1.165) is 66.8 Å². The first kappa shape index (κ1) is 37.1. The van der Waals surface area contributed by atoms with Crippen LogP contribution in [0.1, 0.15) is 8.22 Å². The highest BCUT2D eigenvalue weighted by Gasteiger charge is 2.18. The maximum Gasteiger partial charge on any atom is 0.164 e. The SMILES string of the molecule is [2H]c1c(-c2cc(-c3ccccc3)cc(-c3ccccc3)c2)c([2H])c2c(oc3c([2H])c(-c4nc(-c5ccc(-c6cccc(-c7ccccc7)c6)cc5)nc(-c5cc(-c6ccccc6)cc(-c6ccccc6)c5)n4)c([2H])c([2H])c32)c1[2H]. The van der Waals surface area contributed by atoms with Gasteiger partial charge in [0.15, 0.2) is 17.5 Å². The highest BCUT2D eigenvalue weighted by Crippen LogP contribution is 2.39. The Morgan fingerprint density at radius 1 is 0.233 bits per heavy atom. The fraction of sp³-hybridized carbons (Fsp3) is 0. The van der Waals surface area contributed by atoms with E-state index in [4.69, 9.17) is 19.4 Å². The van der Waals surface area contributed by atoms with Crippen molar-refractivity contribution < 1.29 is 12.6 Å². The monoisotopic (exact) mass is 937 g/mol. The third kappa shape index (κ3) is 8.79. The van der Waals surface area contributed by atoms with Crippen LogP contribution >= 0.6 is 0 Å². The predicted octanol–water partition coefficient (Wildman–Crippen LogP) is 18.4. The summed E-state index contributed by atoms with van der Waals surface area (Å²) in [4.78, 5) is 15.2. The topological polar surface area (TPSA) is 51.8 Å². The number of hydrogen-bond donors (Lipinski definition) is 0. The van der Waals surface area contributed by atoms with Crippen molar-refractivity contribution in [2.45, 2.75) is 0 Å². The molecule has 0 aliphatic rings. The molecule has 13 rings (SSSR count). The van der Waals surface area contributed by atoms with E-state index in [1.807, 2.05) is 194 Å². The highest BCUT2D eigenvalue weighted by atomic mass is 16.3. The van der Waals surface area contributed by atoms with Gasteiger partial charge in [-0.25, -0.2) is 15.0 Å². The van der Waals surface area contributed by atoms with E-state index in [0.29, 0.717) is 16.7 Å². The summed E-state index contributed by atoms with van der Waals surface area (Å²) in [5.74, 6) is 0.536. The predicted molar refractivity (Wildman–Crippen MR) is 301 cm³/mol. The summed E-state index contributed by atoms with van der Waals surface area (Å²) in [6.45, 7) is 0. The number of rotatable bonds is 10. The lowest BCUT2D eigenvalue weighted by Crippen LogP contribution is -2.00. The summed E-state index contributed by atoms with van der Waals surface area (Å²) in [5.41, 5.74) is 13.4. The van der Waals surface area contributed by atoms with Crippen molar-refractivity contribution in [3.8, 4) is 112 Å². The Bertz CT molecular complexity index is 4350. The number of nitrogens with zero attached hydrogens (tertiary/aromatic N) is 3.